The van der Waals surface area contributed by atoms with E-state index >= 15 is 0 Å². The number of nitrogens with one attached hydrogen (secondary N) is 2. The van der Waals surface area contributed by atoms with Crippen molar-refractivity contribution in [2.75, 3.05) is 33.3 Å². The third kappa shape index (κ3) is 7.15. The maximum Gasteiger partial charge on any atom is 0.213 e. The highest BCUT2D eigenvalue weighted by molar-refractivity contribution is 14.0. The van der Waals surface area contributed by atoms with E-state index in [9.17, 15) is 0 Å². The number of benzene rings is 1. The van der Waals surface area contributed by atoms with Gasteiger partial charge in [0.2, 0.25) is 5.88 Å². The summed E-state index contributed by atoms with van der Waals surface area (Å²) in [6.07, 6.45) is 2.55. The van der Waals surface area contributed by atoms with E-state index in [2.05, 4.69) is 57.8 Å². The number of pyridine rings is 1. The highest BCUT2D eigenvalue weighted by Gasteiger charge is 2.23. The average Bonchev–Trinajstić information content (AvgIpc) is 3.27. The second-order valence-corrected chi connectivity index (χ2v) is 6.92. The van der Waals surface area contributed by atoms with Crippen LogP contribution in [0.2, 0.25) is 0 Å². The van der Waals surface area contributed by atoms with Crippen LogP contribution < -0.4 is 15.4 Å². The van der Waals surface area contributed by atoms with Crippen LogP contribution in [0.1, 0.15) is 37.1 Å². The average molecular weight is 509 g/mol. The quantitative estimate of drug-likeness (QED) is 0.324. The van der Waals surface area contributed by atoms with Crippen LogP contribution in [0.4, 0.5) is 0 Å². The van der Waals surface area contributed by atoms with Crippen LogP contribution in [0, 0.1) is 0 Å². The molecule has 0 aliphatic carbocycles. The minimum atomic E-state index is 0. The topological polar surface area (TPSA) is 61.8 Å². The fraction of sp³-hybridized carbons (Fsp3) is 0.455. The molecule has 6 nitrogen and oxygen atoms in total. The molecular formula is C22H32IN5O. The van der Waals surface area contributed by atoms with E-state index in [0.29, 0.717) is 18.5 Å². The lowest BCUT2D eigenvalue weighted by molar-refractivity contribution is 0.245. The molecule has 0 radical (unpaired) electrons. The summed E-state index contributed by atoms with van der Waals surface area (Å²) in [5.41, 5.74) is 2.23. The number of rotatable bonds is 8. The van der Waals surface area contributed by atoms with Gasteiger partial charge in [0.15, 0.2) is 5.96 Å². The van der Waals surface area contributed by atoms with Gasteiger partial charge in [-0.15, -0.1) is 24.0 Å². The maximum atomic E-state index is 5.20. The zero-order valence-corrected chi connectivity index (χ0v) is 19.6. The monoisotopic (exact) mass is 509 g/mol. The molecule has 7 heteroatoms. The number of nitrogens with zero attached hydrogens (tertiary/aromatic N) is 3. The van der Waals surface area contributed by atoms with Gasteiger partial charge in [-0.25, -0.2) is 9.98 Å². The minimum absolute atomic E-state index is 0. The van der Waals surface area contributed by atoms with Crippen LogP contribution in [0.5, 0.6) is 5.88 Å². The third-order valence-corrected chi connectivity index (χ3v) is 4.96. The molecule has 3 rings (SSSR count). The molecule has 1 unspecified atom stereocenters. The van der Waals surface area contributed by atoms with Gasteiger partial charge in [-0.2, -0.15) is 0 Å². The number of aliphatic imine (C=N–C) groups is 1. The molecule has 29 heavy (non-hydrogen) atoms. The second kappa shape index (κ2) is 12.6. The first-order valence-electron chi connectivity index (χ1n) is 10.1. The van der Waals surface area contributed by atoms with E-state index in [1.807, 2.05) is 18.2 Å². The standard InChI is InChI=1S/C22H31N5O.HI/c1-3-23-22(24-16-19-12-9-13-21(26-19)28-2)25-17-20(27-14-7-8-15-27)18-10-5-4-6-11-18;/h4-6,9-13,20H,3,7-8,14-17H2,1-2H3,(H2,23,24,25);1H. The van der Waals surface area contributed by atoms with E-state index in [4.69, 9.17) is 9.73 Å². The van der Waals surface area contributed by atoms with Crippen molar-refractivity contribution in [3.63, 3.8) is 0 Å². The van der Waals surface area contributed by atoms with E-state index < -0.39 is 0 Å². The zero-order chi connectivity index (χ0) is 19.6. The fourth-order valence-corrected chi connectivity index (χ4v) is 3.54. The normalized spacial score (nSPS) is 15.4. The molecule has 1 aliphatic rings. The largest absolute Gasteiger partial charge is 0.481 e. The lowest BCUT2D eigenvalue weighted by Gasteiger charge is -2.29. The number of hydrogen-bond acceptors (Lipinski definition) is 4. The summed E-state index contributed by atoms with van der Waals surface area (Å²) in [7, 11) is 1.63. The second-order valence-electron chi connectivity index (χ2n) is 6.92. The SMILES string of the molecule is CCNC(=NCc1cccc(OC)n1)NCC(c1ccccc1)N1CCCC1.I. The molecule has 0 saturated carbocycles. The highest BCUT2D eigenvalue weighted by Crippen LogP contribution is 2.24. The third-order valence-electron chi connectivity index (χ3n) is 4.96. The van der Waals surface area contributed by atoms with Crippen molar-refractivity contribution in [3.8, 4) is 5.88 Å². The van der Waals surface area contributed by atoms with Crippen molar-refractivity contribution < 1.29 is 4.74 Å². The molecule has 1 fully saturated rings. The van der Waals surface area contributed by atoms with Crippen LogP contribution in [0.3, 0.4) is 0 Å². The molecule has 0 spiro atoms. The van der Waals surface area contributed by atoms with Gasteiger partial charge < -0.3 is 15.4 Å². The molecule has 1 atom stereocenters. The number of hydrogen-bond donors (Lipinski definition) is 2. The van der Waals surface area contributed by atoms with Crippen LogP contribution >= 0.6 is 24.0 Å². The number of likely N-dealkylation sites (tertiary alicyclic amines) is 1. The van der Waals surface area contributed by atoms with Crippen LogP contribution in [-0.4, -0.2) is 49.1 Å². The van der Waals surface area contributed by atoms with Gasteiger partial charge >= 0.3 is 0 Å². The van der Waals surface area contributed by atoms with E-state index in [-0.39, 0.29) is 24.0 Å². The zero-order valence-electron chi connectivity index (χ0n) is 17.3. The van der Waals surface area contributed by atoms with Gasteiger partial charge in [0.05, 0.1) is 25.4 Å². The minimum Gasteiger partial charge on any atom is -0.481 e. The first kappa shape index (κ1) is 23.4. The van der Waals surface area contributed by atoms with E-state index in [0.717, 1.165) is 37.8 Å². The summed E-state index contributed by atoms with van der Waals surface area (Å²) in [5.74, 6) is 1.43. The number of aromatic nitrogens is 1. The van der Waals surface area contributed by atoms with Gasteiger partial charge in [-0.3, -0.25) is 4.90 Å². The highest BCUT2D eigenvalue weighted by atomic mass is 127. The fourth-order valence-electron chi connectivity index (χ4n) is 3.54. The number of methoxy groups -OCH3 is 1. The molecule has 0 amide bonds. The Bertz CT molecular complexity index is 750. The number of ether oxygens (including phenoxy) is 1. The summed E-state index contributed by atoms with van der Waals surface area (Å²) in [4.78, 5) is 11.7. The summed E-state index contributed by atoms with van der Waals surface area (Å²) in [5, 5.41) is 6.87. The molecule has 1 aliphatic heterocycles. The van der Waals surface area contributed by atoms with Crippen molar-refractivity contribution in [1.29, 1.82) is 0 Å². The summed E-state index contributed by atoms with van der Waals surface area (Å²) in [6.45, 7) is 6.53. The lowest BCUT2D eigenvalue weighted by atomic mass is 10.1. The summed E-state index contributed by atoms with van der Waals surface area (Å²) >= 11 is 0. The van der Waals surface area contributed by atoms with Crippen molar-refractivity contribution >= 4 is 29.9 Å². The molecule has 1 aromatic carbocycles. The molecule has 1 aromatic heterocycles. The van der Waals surface area contributed by atoms with Gasteiger partial charge in [-0.1, -0.05) is 36.4 Å². The summed E-state index contributed by atoms with van der Waals surface area (Å²) in [6, 6.07) is 16.8. The first-order valence-corrected chi connectivity index (χ1v) is 10.1. The Kier molecular flexibility index (Phi) is 10.2. The van der Waals surface area contributed by atoms with E-state index in [1.54, 1.807) is 7.11 Å². The van der Waals surface area contributed by atoms with Gasteiger partial charge in [-0.05, 0) is 44.5 Å². The smallest absolute Gasteiger partial charge is 0.213 e. The number of guanidine groups is 1. The van der Waals surface area contributed by atoms with Crippen molar-refractivity contribution in [1.82, 2.24) is 20.5 Å². The Morgan fingerprint density at radius 2 is 1.86 bits per heavy atom. The molecular weight excluding hydrogens is 477 g/mol. The van der Waals surface area contributed by atoms with Crippen LogP contribution in [0.15, 0.2) is 53.5 Å². The molecule has 158 valence electrons. The molecule has 2 N–H and O–H groups in total. The molecule has 2 heterocycles. The van der Waals surface area contributed by atoms with Crippen molar-refractivity contribution in [2.24, 2.45) is 4.99 Å². The predicted octanol–water partition coefficient (Wildman–Crippen LogP) is 3.60. The van der Waals surface area contributed by atoms with Crippen LogP contribution in [-0.2, 0) is 6.54 Å². The Balaban J connectivity index is 0.00000300. The summed E-state index contributed by atoms with van der Waals surface area (Å²) < 4.78 is 5.20. The molecule has 0 bridgehead atoms. The maximum absolute atomic E-state index is 5.20. The van der Waals surface area contributed by atoms with Gasteiger partial charge in [0.1, 0.15) is 0 Å². The lowest BCUT2D eigenvalue weighted by Crippen LogP contribution is -2.42. The Hall–Kier alpha value is -1.87. The molecule has 2 aromatic rings. The van der Waals surface area contributed by atoms with Gasteiger partial charge in [0, 0.05) is 19.2 Å². The van der Waals surface area contributed by atoms with Crippen molar-refractivity contribution in [2.45, 2.75) is 32.4 Å². The Labute approximate surface area is 191 Å². The molecule has 1 saturated heterocycles. The van der Waals surface area contributed by atoms with Crippen LogP contribution in [0.25, 0.3) is 0 Å². The van der Waals surface area contributed by atoms with Crippen molar-refractivity contribution in [3.05, 3.63) is 59.8 Å². The number of halogens is 1. The Morgan fingerprint density at radius 3 is 2.55 bits per heavy atom. The Morgan fingerprint density at radius 1 is 1.10 bits per heavy atom. The van der Waals surface area contributed by atoms with E-state index in [1.165, 1.54) is 18.4 Å². The first-order chi connectivity index (χ1) is 13.8. The predicted molar refractivity (Wildman–Crippen MR) is 129 cm³/mol. The van der Waals surface area contributed by atoms with Gasteiger partial charge in [0.25, 0.3) is 0 Å².